The summed E-state index contributed by atoms with van der Waals surface area (Å²) in [6.07, 6.45) is 7.49. The Hall–Kier alpha value is 0.180. The Labute approximate surface area is 91.7 Å². The van der Waals surface area contributed by atoms with E-state index in [-0.39, 0.29) is 0 Å². The highest BCUT2D eigenvalue weighted by Crippen LogP contribution is 2.16. The van der Waals surface area contributed by atoms with Crippen LogP contribution in [0, 0.1) is 0 Å². The van der Waals surface area contributed by atoms with Gasteiger partial charge in [-0.2, -0.15) is 0 Å². The summed E-state index contributed by atoms with van der Waals surface area (Å²) in [7, 11) is 0. The van der Waals surface area contributed by atoms with Gasteiger partial charge < -0.3 is 0 Å². The molecule has 0 aliphatic heterocycles. The summed E-state index contributed by atoms with van der Waals surface area (Å²) in [6.45, 7) is 6.33. The van der Waals surface area contributed by atoms with Crippen LogP contribution in [0.25, 0.3) is 0 Å². The first kappa shape index (κ1) is 12.2. The smallest absolute Gasteiger partial charge is 0.0606 e. The Morgan fingerprint density at radius 3 is 2.08 bits per heavy atom. The van der Waals surface area contributed by atoms with Crippen molar-refractivity contribution in [2.75, 3.05) is 0 Å². The molecule has 0 nitrogen and oxygen atoms in total. The Kier molecular flexibility index (Phi) is 6.77. The van der Waals surface area contributed by atoms with Gasteiger partial charge in [0.25, 0.3) is 0 Å². The van der Waals surface area contributed by atoms with Crippen molar-refractivity contribution in [1.29, 1.82) is 0 Å². The largest absolute Gasteiger partial charge is 0.0819 e. The Balaban J connectivity index is 4.36. The first-order valence-corrected chi connectivity index (χ1v) is 5.52. The van der Waals surface area contributed by atoms with Crippen LogP contribution < -0.4 is 0 Å². The Morgan fingerprint density at radius 1 is 1.08 bits per heavy atom. The monoisotopic (exact) mass is 292 g/mol. The molecule has 0 radical (unpaired) electrons. The topological polar surface area (TPSA) is 0 Å². The van der Waals surface area contributed by atoms with E-state index in [2.05, 4.69) is 64.8 Å². The summed E-state index contributed by atoms with van der Waals surface area (Å²) < 4.78 is 0.980. The summed E-state index contributed by atoms with van der Waals surface area (Å²) >= 11 is 6.64. The lowest BCUT2D eigenvalue weighted by Gasteiger charge is -1.94. The SMILES string of the molecule is CC/C=C(C)/C=C(\C)C=C(Br)Br. The van der Waals surface area contributed by atoms with Crippen LogP contribution in [-0.4, -0.2) is 0 Å². The van der Waals surface area contributed by atoms with Crippen molar-refractivity contribution in [3.63, 3.8) is 0 Å². The molecule has 0 aliphatic rings. The first-order chi connectivity index (χ1) is 5.56. The fourth-order valence-corrected chi connectivity index (χ4v) is 1.68. The van der Waals surface area contributed by atoms with E-state index in [9.17, 15) is 0 Å². The van der Waals surface area contributed by atoms with Crippen LogP contribution in [0.2, 0.25) is 0 Å². The van der Waals surface area contributed by atoms with Crippen LogP contribution in [0.1, 0.15) is 27.2 Å². The normalized spacial score (nSPS) is 13.1. The van der Waals surface area contributed by atoms with Crippen molar-refractivity contribution in [3.05, 3.63) is 32.8 Å². The van der Waals surface area contributed by atoms with Crippen molar-refractivity contribution in [1.82, 2.24) is 0 Å². The molecular formula is C10H14Br2. The van der Waals surface area contributed by atoms with Gasteiger partial charge in [0, 0.05) is 0 Å². The summed E-state index contributed by atoms with van der Waals surface area (Å²) in [4.78, 5) is 0. The molecule has 0 spiro atoms. The molecular weight excluding hydrogens is 280 g/mol. The number of hydrogen-bond acceptors (Lipinski definition) is 0. The van der Waals surface area contributed by atoms with Crippen molar-refractivity contribution >= 4 is 31.9 Å². The van der Waals surface area contributed by atoms with Crippen molar-refractivity contribution < 1.29 is 0 Å². The van der Waals surface area contributed by atoms with Crippen LogP contribution >= 0.6 is 31.9 Å². The predicted molar refractivity (Wildman–Crippen MR) is 63.7 cm³/mol. The first-order valence-electron chi connectivity index (χ1n) is 3.94. The average Bonchev–Trinajstić information content (AvgIpc) is 1.84. The average molecular weight is 294 g/mol. The molecule has 0 fully saturated rings. The summed E-state index contributed by atoms with van der Waals surface area (Å²) in [5.41, 5.74) is 2.55. The maximum atomic E-state index is 3.32. The number of rotatable bonds is 3. The molecule has 0 rings (SSSR count). The highest BCUT2D eigenvalue weighted by molar-refractivity contribution is 9.28. The molecule has 0 saturated carbocycles. The van der Waals surface area contributed by atoms with Gasteiger partial charge in [0.1, 0.15) is 0 Å². The standard InChI is InChI=1S/C10H14Br2/c1-4-5-8(2)6-9(3)7-10(11)12/h5-7H,4H2,1-3H3/b8-5+,9-6+. The third-order valence-corrected chi connectivity index (χ3v) is 1.78. The molecule has 2 heteroatoms. The van der Waals surface area contributed by atoms with Crippen molar-refractivity contribution in [2.24, 2.45) is 0 Å². The molecule has 68 valence electrons. The zero-order valence-electron chi connectivity index (χ0n) is 7.70. The summed E-state index contributed by atoms with van der Waals surface area (Å²) in [6, 6.07) is 0. The number of hydrogen-bond donors (Lipinski definition) is 0. The van der Waals surface area contributed by atoms with Crippen LogP contribution in [0.5, 0.6) is 0 Å². The Morgan fingerprint density at radius 2 is 1.67 bits per heavy atom. The van der Waals surface area contributed by atoms with Crippen LogP contribution in [0.15, 0.2) is 32.8 Å². The lowest BCUT2D eigenvalue weighted by atomic mass is 10.1. The second-order valence-electron chi connectivity index (χ2n) is 2.68. The molecule has 0 heterocycles. The quantitative estimate of drug-likeness (QED) is 0.648. The molecule has 0 amide bonds. The highest BCUT2D eigenvalue weighted by atomic mass is 79.9. The third kappa shape index (κ3) is 6.86. The van der Waals surface area contributed by atoms with Crippen molar-refractivity contribution in [2.45, 2.75) is 27.2 Å². The lowest BCUT2D eigenvalue weighted by molar-refractivity contribution is 1.19. The maximum absolute atomic E-state index is 3.32. The van der Waals surface area contributed by atoms with E-state index in [0.717, 1.165) is 9.81 Å². The minimum Gasteiger partial charge on any atom is -0.0819 e. The van der Waals surface area contributed by atoms with E-state index in [1.54, 1.807) is 0 Å². The molecule has 0 N–H and O–H groups in total. The van der Waals surface area contributed by atoms with E-state index < -0.39 is 0 Å². The van der Waals surface area contributed by atoms with Gasteiger partial charge in [-0.15, -0.1) is 0 Å². The highest BCUT2D eigenvalue weighted by Gasteiger charge is 1.87. The van der Waals surface area contributed by atoms with Gasteiger partial charge in [0.15, 0.2) is 0 Å². The number of allylic oxidation sites excluding steroid dienone is 5. The van der Waals surface area contributed by atoms with Gasteiger partial charge in [-0.05, 0) is 63.8 Å². The molecule has 0 atom stereocenters. The minimum atomic E-state index is 0.980. The number of halogens is 2. The van der Waals surface area contributed by atoms with Gasteiger partial charge in [-0.3, -0.25) is 0 Å². The lowest BCUT2D eigenvalue weighted by Crippen LogP contribution is -1.72. The second kappa shape index (κ2) is 6.67. The van der Waals surface area contributed by atoms with E-state index in [1.165, 1.54) is 11.1 Å². The molecule has 0 bridgehead atoms. The molecule has 0 aromatic rings. The van der Waals surface area contributed by atoms with Gasteiger partial charge >= 0.3 is 0 Å². The predicted octanol–water partition coefficient (Wildman–Crippen LogP) is 4.92. The van der Waals surface area contributed by atoms with E-state index in [4.69, 9.17) is 0 Å². The van der Waals surface area contributed by atoms with Gasteiger partial charge in [-0.25, -0.2) is 0 Å². The maximum Gasteiger partial charge on any atom is 0.0606 e. The van der Waals surface area contributed by atoms with Crippen LogP contribution in [-0.2, 0) is 0 Å². The van der Waals surface area contributed by atoms with Gasteiger partial charge in [0.05, 0.1) is 3.39 Å². The molecule has 0 saturated heterocycles. The summed E-state index contributed by atoms with van der Waals surface area (Å²) in [5, 5.41) is 0. The molecule has 12 heavy (non-hydrogen) atoms. The Bertz CT molecular complexity index is 218. The molecule has 0 aromatic heterocycles. The third-order valence-electron chi connectivity index (χ3n) is 1.32. The fraction of sp³-hybridized carbons (Fsp3) is 0.400. The minimum absolute atomic E-state index is 0.980. The van der Waals surface area contributed by atoms with Crippen molar-refractivity contribution in [3.8, 4) is 0 Å². The van der Waals surface area contributed by atoms with E-state index in [0.29, 0.717) is 0 Å². The van der Waals surface area contributed by atoms with E-state index in [1.807, 2.05) is 6.08 Å². The fourth-order valence-electron chi connectivity index (χ4n) is 0.954. The van der Waals surface area contributed by atoms with Crippen LogP contribution in [0.3, 0.4) is 0 Å². The molecule has 0 aliphatic carbocycles. The van der Waals surface area contributed by atoms with Gasteiger partial charge in [0.2, 0.25) is 0 Å². The zero-order chi connectivity index (χ0) is 9.56. The van der Waals surface area contributed by atoms with Gasteiger partial charge in [-0.1, -0.05) is 24.6 Å². The van der Waals surface area contributed by atoms with Crippen LogP contribution in [0.4, 0.5) is 0 Å². The van der Waals surface area contributed by atoms with E-state index >= 15 is 0 Å². The summed E-state index contributed by atoms with van der Waals surface area (Å²) in [5.74, 6) is 0. The molecule has 0 aromatic carbocycles. The zero-order valence-corrected chi connectivity index (χ0v) is 10.9. The second-order valence-corrected chi connectivity index (χ2v) is 5.45. The molecule has 0 unspecified atom stereocenters.